The Morgan fingerprint density at radius 2 is 1.80 bits per heavy atom. The molecule has 0 aliphatic heterocycles. The second kappa shape index (κ2) is 2.96. The fraction of sp³-hybridized carbons (Fsp3) is 0. The molecule has 4 nitrogen and oxygen atoms in total. The summed E-state index contributed by atoms with van der Waals surface area (Å²) in [6, 6.07) is 1.25. The standard InChI is InChI=1S/C7H3F3N2O2S/c8-4-1-3-6(2-5(4)9)11-12-7(3)15(10,13)14/h1-2H,(H,11,12). The summed E-state index contributed by atoms with van der Waals surface area (Å²) in [5.74, 6) is -2.45. The number of nitrogens with zero attached hydrogens (tertiary/aromatic N) is 1. The Labute approximate surface area is 81.9 Å². The highest BCUT2D eigenvalue weighted by Gasteiger charge is 2.20. The van der Waals surface area contributed by atoms with E-state index in [-0.39, 0.29) is 10.9 Å². The third kappa shape index (κ3) is 1.56. The van der Waals surface area contributed by atoms with Gasteiger partial charge in [-0.2, -0.15) is 13.5 Å². The molecule has 8 heteroatoms. The number of H-pyrrole nitrogens is 1. The SMILES string of the molecule is O=S(=O)(F)c1[nH]nc2cc(F)c(F)cc12. The van der Waals surface area contributed by atoms with Crippen molar-refractivity contribution in [1.82, 2.24) is 10.2 Å². The lowest BCUT2D eigenvalue weighted by molar-refractivity contribution is 0.510. The van der Waals surface area contributed by atoms with E-state index in [1.165, 1.54) is 0 Å². The lowest BCUT2D eigenvalue weighted by Gasteiger charge is -1.93. The molecule has 2 rings (SSSR count). The summed E-state index contributed by atoms with van der Waals surface area (Å²) in [6.45, 7) is 0. The van der Waals surface area contributed by atoms with Crippen LogP contribution >= 0.6 is 0 Å². The van der Waals surface area contributed by atoms with Crippen LogP contribution in [0, 0.1) is 11.6 Å². The molecule has 2 aromatic rings. The van der Waals surface area contributed by atoms with Gasteiger partial charge < -0.3 is 0 Å². The van der Waals surface area contributed by atoms with Crippen molar-refractivity contribution in [3.8, 4) is 0 Å². The normalized spacial score (nSPS) is 12.2. The number of rotatable bonds is 1. The van der Waals surface area contributed by atoms with Crippen LogP contribution in [0.15, 0.2) is 17.2 Å². The van der Waals surface area contributed by atoms with Gasteiger partial charge in [-0.05, 0) is 6.07 Å². The van der Waals surface area contributed by atoms with Crippen molar-refractivity contribution in [3.63, 3.8) is 0 Å². The van der Waals surface area contributed by atoms with Gasteiger partial charge >= 0.3 is 10.2 Å². The average Bonchev–Trinajstić information content (AvgIpc) is 2.47. The molecule has 1 aromatic heterocycles. The van der Waals surface area contributed by atoms with Crippen molar-refractivity contribution in [1.29, 1.82) is 0 Å². The van der Waals surface area contributed by atoms with Crippen molar-refractivity contribution < 1.29 is 21.1 Å². The van der Waals surface area contributed by atoms with E-state index < -0.39 is 26.9 Å². The number of halogens is 3. The van der Waals surface area contributed by atoms with Gasteiger partial charge in [0, 0.05) is 11.5 Å². The van der Waals surface area contributed by atoms with Crippen molar-refractivity contribution in [2.75, 3.05) is 0 Å². The van der Waals surface area contributed by atoms with Gasteiger partial charge in [0.25, 0.3) is 0 Å². The first-order valence-corrected chi connectivity index (χ1v) is 5.06. The first kappa shape index (κ1) is 9.97. The third-order valence-corrected chi connectivity index (χ3v) is 2.60. The summed E-state index contributed by atoms with van der Waals surface area (Å²) in [6.07, 6.45) is 0. The van der Waals surface area contributed by atoms with E-state index in [1.807, 2.05) is 5.10 Å². The van der Waals surface area contributed by atoms with Crippen LogP contribution in [-0.2, 0) is 10.2 Å². The maximum Gasteiger partial charge on any atom is 0.349 e. The van der Waals surface area contributed by atoms with Crippen molar-refractivity contribution in [3.05, 3.63) is 23.8 Å². The molecule has 0 atom stereocenters. The molecular formula is C7H3F3N2O2S. The predicted octanol–water partition coefficient (Wildman–Crippen LogP) is 1.50. The smallest absolute Gasteiger partial charge is 0.264 e. The van der Waals surface area contributed by atoms with Gasteiger partial charge in [0.05, 0.1) is 5.52 Å². The van der Waals surface area contributed by atoms with E-state index in [1.54, 1.807) is 0 Å². The van der Waals surface area contributed by atoms with Crippen LogP contribution in [0.2, 0.25) is 0 Å². The second-order valence-electron chi connectivity index (χ2n) is 2.77. The third-order valence-electron chi connectivity index (χ3n) is 1.80. The van der Waals surface area contributed by atoms with E-state index in [9.17, 15) is 21.1 Å². The highest BCUT2D eigenvalue weighted by atomic mass is 32.3. The summed E-state index contributed by atoms with van der Waals surface area (Å²) in [4.78, 5) is 0. The van der Waals surface area contributed by atoms with E-state index in [2.05, 4.69) is 5.10 Å². The Bertz CT molecular complexity index is 635. The Morgan fingerprint density at radius 3 is 2.40 bits per heavy atom. The number of aromatic nitrogens is 2. The zero-order valence-corrected chi connectivity index (χ0v) is 7.78. The van der Waals surface area contributed by atoms with Crippen LogP contribution < -0.4 is 0 Å². The van der Waals surface area contributed by atoms with E-state index in [0.717, 1.165) is 0 Å². The number of hydrogen-bond acceptors (Lipinski definition) is 3. The van der Waals surface area contributed by atoms with Gasteiger partial charge in [-0.1, -0.05) is 3.89 Å². The van der Waals surface area contributed by atoms with Crippen LogP contribution in [0.4, 0.5) is 12.7 Å². The van der Waals surface area contributed by atoms with E-state index in [0.29, 0.717) is 12.1 Å². The van der Waals surface area contributed by atoms with Gasteiger partial charge in [-0.3, -0.25) is 5.10 Å². The predicted molar refractivity (Wildman–Crippen MR) is 44.3 cm³/mol. The van der Waals surface area contributed by atoms with Gasteiger partial charge in [-0.15, -0.1) is 0 Å². The summed E-state index contributed by atoms with van der Waals surface area (Å²) >= 11 is 0. The maximum atomic E-state index is 12.8. The van der Waals surface area contributed by atoms with Crippen LogP contribution in [0.1, 0.15) is 0 Å². The Hall–Kier alpha value is -1.57. The zero-order valence-electron chi connectivity index (χ0n) is 6.96. The van der Waals surface area contributed by atoms with E-state index in [4.69, 9.17) is 0 Å². The van der Waals surface area contributed by atoms with Crippen LogP contribution in [0.5, 0.6) is 0 Å². The van der Waals surface area contributed by atoms with Crippen LogP contribution in [0.25, 0.3) is 10.9 Å². The number of fused-ring (bicyclic) bond motifs is 1. The largest absolute Gasteiger partial charge is 0.349 e. The number of aromatic amines is 1. The first-order valence-electron chi connectivity index (χ1n) is 3.67. The van der Waals surface area contributed by atoms with E-state index >= 15 is 0 Å². The highest BCUT2D eigenvalue weighted by molar-refractivity contribution is 7.86. The Morgan fingerprint density at radius 1 is 1.20 bits per heavy atom. The monoisotopic (exact) mass is 236 g/mol. The number of benzene rings is 1. The Kier molecular flexibility index (Phi) is 1.97. The molecule has 0 aliphatic carbocycles. The number of nitrogens with one attached hydrogen (secondary N) is 1. The second-order valence-corrected chi connectivity index (χ2v) is 4.06. The molecule has 0 amide bonds. The first-order chi connectivity index (χ1) is 6.89. The van der Waals surface area contributed by atoms with Crippen molar-refractivity contribution in [2.45, 2.75) is 5.03 Å². The van der Waals surface area contributed by atoms with Gasteiger partial charge in [-0.25, -0.2) is 8.78 Å². The quantitative estimate of drug-likeness (QED) is 0.763. The molecular weight excluding hydrogens is 233 g/mol. The molecule has 1 N–H and O–H groups in total. The highest BCUT2D eigenvalue weighted by Crippen LogP contribution is 2.23. The molecule has 0 unspecified atom stereocenters. The molecule has 1 aromatic carbocycles. The summed E-state index contributed by atoms with van der Waals surface area (Å²) in [5.41, 5.74) is -0.162. The lowest BCUT2D eigenvalue weighted by atomic mass is 10.2. The number of hydrogen-bond donors (Lipinski definition) is 1. The Balaban J connectivity index is 2.87. The maximum absolute atomic E-state index is 12.8. The van der Waals surface area contributed by atoms with Gasteiger partial charge in [0.2, 0.25) is 0 Å². The molecule has 0 radical (unpaired) electrons. The summed E-state index contributed by atoms with van der Waals surface area (Å²) in [7, 11) is -5.02. The minimum atomic E-state index is -5.02. The average molecular weight is 236 g/mol. The molecule has 1 heterocycles. The van der Waals surface area contributed by atoms with Crippen molar-refractivity contribution >= 4 is 21.1 Å². The molecule has 0 fully saturated rings. The molecule has 0 saturated heterocycles. The molecule has 15 heavy (non-hydrogen) atoms. The topological polar surface area (TPSA) is 62.8 Å². The fourth-order valence-electron chi connectivity index (χ4n) is 1.17. The minimum Gasteiger partial charge on any atom is -0.264 e. The lowest BCUT2D eigenvalue weighted by Crippen LogP contribution is -1.93. The molecule has 0 spiro atoms. The fourth-order valence-corrected chi connectivity index (χ4v) is 1.75. The van der Waals surface area contributed by atoms with Crippen molar-refractivity contribution in [2.24, 2.45) is 0 Å². The van der Waals surface area contributed by atoms with Gasteiger partial charge in [0.15, 0.2) is 16.7 Å². The van der Waals surface area contributed by atoms with Crippen LogP contribution in [-0.4, -0.2) is 18.6 Å². The minimum absolute atomic E-state index is 0.162. The molecule has 80 valence electrons. The summed E-state index contributed by atoms with van der Waals surface area (Å²) in [5, 5.41) is 4.00. The summed E-state index contributed by atoms with van der Waals surface area (Å²) < 4.78 is 59.1. The van der Waals surface area contributed by atoms with Crippen LogP contribution in [0.3, 0.4) is 0 Å². The zero-order chi connectivity index (χ0) is 11.2. The molecule has 0 bridgehead atoms. The molecule has 0 saturated carbocycles. The van der Waals surface area contributed by atoms with Gasteiger partial charge in [0.1, 0.15) is 0 Å². The molecule has 0 aliphatic rings.